The van der Waals surface area contributed by atoms with Gasteiger partial charge >= 0.3 is 0 Å². The smallest absolute Gasteiger partial charge is 0.243 e. The number of halogens is 2. The summed E-state index contributed by atoms with van der Waals surface area (Å²) in [6.07, 6.45) is 3.92. The first-order chi connectivity index (χ1) is 13.1. The van der Waals surface area contributed by atoms with Crippen LogP contribution in [0.3, 0.4) is 0 Å². The number of carbonyl (C=O) groups excluding carboxylic acids is 1. The second-order valence-corrected chi connectivity index (χ2v) is 6.83. The van der Waals surface area contributed by atoms with Crippen LogP contribution in [0.2, 0.25) is 0 Å². The highest BCUT2D eigenvalue weighted by Gasteiger charge is 2.27. The third kappa shape index (κ3) is 4.98. The summed E-state index contributed by atoms with van der Waals surface area (Å²) in [5, 5.41) is 13.3. The number of aromatic hydroxyl groups is 1. The quantitative estimate of drug-likeness (QED) is 0.716. The molecular weight excluding hydrogens is 413 g/mol. The lowest BCUT2D eigenvalue weighted by Crippen LogP contribution is -2.53. The largest absolute Gasteiger partial charge is 0.507 e. The molecule has 156 valence electrons. The zero-order valence-corrected chi connectivity index (χ0v) is 17.7. The zero-order valence-electron chi connectivity index (χ0n) is 16.1. The lowest BCUT2D eigenvalue weighted by Gasteiger charge is -2.36. The Morgan fingerprint density at radius 2 is 1.86 bits per heavy atom. The molecule has 29 heavy (non-hydrogen) atoms. The number of piperazine rings is 1. The Hall–Kier alpha value is -2.35. The molecule has 2 N–H and O–H groups in total. The molecule has 1 aromatic carbocycles. The van der Waals surface area contributed by atoms with Gasteiger partial charge in [-0.3, -0.25) is 10.1 Å². The molecule has 1 saturated heterocycles. The second kappa shape index (κ2) is 9.91. The van der Waals surface area contributed by atoms with Crippen molar-refractivity contribution < 1.29 is 9.90 Å². The van der Waals surface area contributed by atoms with Crippen LogP contribution in [0.1, 0.15) is 5.69 Å². The molecule has 3 heterocycles. The highest BCUT2D eigenvalue weighted by atomic mass is 35.5. The Bertz CT molecular complexity index is 885. The maximum atomic E-state index is 12.5. The summed E-state index contributed by atoms with van der Waals surface area (Å²) in [4.78, 5) is 25.7. The number of aryl methyl sites for hydroxylation is 1. The molecule has 4 rings (SSSR count). The Morgan fingerprint density at radius 1 is 1.14 bits per heavy atom. The minimum Gasteiger partial charge on any atom is -0.507 e. The van der Waals surface area contributed by atoms with Gasteiger partial charge < -0.3 is 14.9 Å². The summed E-state index contributed by atoms with van der Waals surface area (Å²) in [6.45, 7) is 5.45. The van der Waals surface area contributed by atoms with E-state index in [-0.39, 0.29) is 42.5 Å². The fourth-order valence-corrected chi connectivity index (χ4v) is 3.49. The van der Waals surface area contributed by atoms with Gasteiger partial charge in [-0.25, -0.2) is 9.97 Å². The third-order valence-electron chi connectivity index (χ3n) is 4.95. The molecule has 1 unspecified atom stereocenters. The Balaban J connectivity index is 0.00000150. The zero-order chi connectivity index (χ0) is 18.8. The number of para-hydroxylation sites is 1. The van der Waals surface area contributed by atoms with Crippen LogP contribution in [-0.4, -0.2) is 64.6 Å². The molecule has 9 heteroatoms. The lowest BCUT2D eigenvalue weighted by molar-refractivity contribution is -0.132. The molecule has 2 aliphatic rings. The Kier molecular flexibility index (Phi) is 7.84. The Labute approximate surface area is 182 Å². The predicted molar refractivity (Wildman–Crippen MR) is 118 cm³/mol. The second-order valence-electron chi connectivity index (χ2n) is 6.83. The number of phenolic OH excluding ortho intramolecular Hbond substituents is 1. The van der Waals surface area contributed by atoms with Crippen molar-refractivity contribution in [1.29, 1.82) is 0 Å². The van der Waals surface area contributed by atoms with Crippen molar-refractivity contribution in [3.63, 3.8) is 0 Å². The number of rotatable bonds is 3. The van der Waals surface area contributed by atoms with Gasteiger partial charge in [-0.2, -0.15) is 0 Å². The lowest BCUT2D eigenvalue weighted by atomic mass is 10.2. The number of phenols is 1. The van der Waals surface area contributed by atoms with Gasteiger partial charge in [0.1, 0.15) is 17.6 Å². The van der Waals surface area contributed by atoms with Crippen molar-refractivity contribution in [3.8, 4) is 17.1 Å². The number of carbonyl (C=O) groups is 1. The SMILES string of the molecule is Cc1cc(N2CCN(C(=O)C3C=CCN3)CC2)nc(-c2ccccc2O)n1.Cl.Cl. The number of hydrogen-bond acceptors (Lipinski definition) is 6. The average molecular weight is 438 g/mol. The van der Waals surface area contributed by atoms with Gasteiger partial charge in [0.25, 0.3) is 0 Å². The van der Waals surface area contributed by atoms with Crippen LogP contribution >= 0.6 is 24.8 Å². The maximum Gasteiger partial charge on any atom is 0.243 e. The van der Waals surface area contributed by atoms with E-state index in [9.17, 15) is 9.90 Å². The number of aromatic nitrogens is 2. The average Bonchev–Trinajstić information content (AvgIpc) is 3.22. The van der Waals surface area contributed by atoms with Gasteiger partial charge in [0.2, 0.25) is 5.91 Å². The van der Waals surface area contributed by atoms with Crippen molar-refractivity contribution in [2.75, 3.05) is 37.6 Å². The minimum atomic E-state index is -0.189. The molecule has 7 nitrogen and oxygen atoms in total. The van der Waals surface area contributed by atoms with Crippen LogP contribution in [0.25, 0.3) is 11.4 Å². The molecule has 0 saturated carbocycles. The fourth-order valence-electron chi connectivity index (χ4n) is 3.49. The van der Waals surface area contributed by atoms with Crippen molar-refractivity contribution in [3.05, 3.63) is 48.2 Å². The topological polar surface area (TPSA) is 81.6 Å². The molecule has 1 fully saturated rings. The van der Waals surface area contributed by atoms with Crippen LogP contribution in [-0.2, 0) is 4.79 Å². The van der Waals surface area contributed by atoms with Gasteiger partial charge in [-0.1, -0.05) is 24.3 Å². The van der Waals surface area contributed by atoms with Gasteiger partial charge in [0.15, 0.2) is 5.82 Å². The van der Waals surface area contributed by atoms with Crippen LogP contribution in [0.15, 0.2) is 42.5 Å². The minimum absolute atomic E-state index is 0. The number of benzene rings is 1. The maximum absolute atomic E-state index is 12.5. The first-order valence-corrected chi connectivity index (χ1v) is 9.19. The van der Waals surface area contributed by atoms with E-state index in [0.29, 0.717) is 24.5 Å². The van der Waals surface area contributed by atoms with Crippen LogP contribution in [0, 0.1) is 6.92 Å². The van der Waals surface area contributed by atoms with E-state index in [1.165, 1.54) is 0 Å². The molecule has 1 amide bonds. The van der Waals surface area contributed by atoms with Gasteiger partial charge in [-0.05, 0) is 19.1 Å². The van der Waals surface area contributed by atoms with E-state index < -0.39 is 0 Å². The first-order valence-electron chi connectivity index (χ1n) is 9.19. The van der Waals surface area contributed by atoms with Crippen molar-refractivity contribution in [2.45, 2.75) is 13.0 Å². The number of anilines is 1. The molecule has 2 aliphatic heterocycles. The number of amides is 1. The van der Waals surface area contributed by atoms with Gasteiger partial charge in [-0.15, -0.1) is 24.8 Å². The van der Waals surface area contributed by atoms with E-state index in [2.05, 4.69) is 20.2 Å². The van der Waals surface area contributed by atoms with Crippen molar-refractivity contribution in [1.82, 2.24) is 20.2 Å². The molecule has 0 radical (unpaired) electrons. The summed E-state index contributed by atoms with van der Waals surface area (Å²) in [5.74, 6) is 1.65. The van der Waals surface area contributed by atoms with Crippen LogP contribution in [0.4, 0.5) is 5.82 Å². The fraction of sp³-hybridized carbons (Fsp3) is 0.350. The number of hydrogen-bond donors (Lipinski definition) is 2. The van der Waals surface area contributed by atoms with Gasteiger partial charge in [0, 0.05) is 44.5 Å². The van der Waals surface area contributed by atoms with Crippen LogP contribution < -0.4 is 10.2 Å². The predicted octanol–water partition coefficient (Wildman–Crippen LogP) is 2.18. The van der Waals surface area contributed by atoms with Crippen molar-refractivity contribution >= 4 is 36.5 Å². The molecule has 1 atom stereocenters. The standard InChI is InChI=1S/C20H23N5O2.2ClH/c1-14-13-18(23-19(22-14)15-5-2-3-7-17(15)26)24-9-11-25(12-10-24)20(27)16-6-4-8-21-16;;/h2-7,13,16,21,26H,8-12H2,1H3;2*1H. The van der Waals surface area contributed by atoms with E-state index >= 15 is 0 Å². The summed E-state index contributed by atoms with van der Waals surface area (Å²) >= 11 is 0. The molecule has 1 aromatic heterocycles. The molecule has 0 aliphatic carbocycles. The van der Waals surface area contributed by atoms with Gasteiger partial charge in [0.05, 0.1) is 5.56 Å². The van der Waals surface area contributed by atoms with Crippen LogP contribution in [0.5, 0.6) is 5.75 Å². The Morgan fingerprint density at radius 3 is 2.52 bits per heavy atom. The number of nitrogens with one attached hydrogen (secondary N) is 1. The van der Waals surface area contributed by atoms with E-state index in [1.807, 2.05) is 42.2 Å². The highest BCUT2D eigenvalue weighted by Crippen LogP contribution is 2.28. The summed E-state index contributed by atoms with van der Waals surface area (Å²) in [5.41, 5.74) is 1.47. The molecule has 0 spiro atoms. The summed E-state index contributed by atoms with van der Waals surface area (Å²) < 4.78 is 0. The third-order valence-corrected chi connectivity index (χ3v) is 4.95. The van der Waals surface area contributed by atoms with E-state index in [0.717, 1.165) is 31.1 Å². The first kappa shape index (κ1) is 22.9. The summed E-state index contributed by atoms with van der Waals surface area (Å²) in [6, 6.07) is 8.84. The normalized spacial score (nSPS) is 18.2. The van der Waals surface area contributed by atoms with E-state index in [1.54, 1.807) is 12.1 Å². The monoisotopic (exact) mass is 437 g/mol. The van der Waals surface area contributed by atoms with E-state index in [4.69, 9.17) is 0 Å². The molecule has 0 bridgehead atoms. The molecule has 2 aromatic rings. The van der Waals surface area contributed by atoms with Crippen molar-refractivity contribution in [2.24, 2.45) is 0 Å². The number of nitrogens with zero attached hydrogens (tertiary/aromatic N) is 4. The summed E-state index contributed by atoms with van der Waals surface area (Å²) in [7, 11) is 0. The highest BCUT2D eigenvalue weighted by molar-refractivity contribution is 5.86. The molecular formula is C20H25Cl2N5O2.